The number of aromatic nitrogens is 4. The number of para-hydroxylation sites is 1. The third-order valence-electron chi connectivity index (χ3n) is 2.91. The second-order valence-electron chi connectivity index (χ2n) is 4.35. The summed E-state index contributed by atoms with van der Waals surface area (Å²) in [6.45, 7) is 3.95. The van der Waals surface area contributed by atoms with Crippen molar-refractivity contribution < 1.29 is 5.11 Å². The number of nitrogens with one attached hydrogen (secondary N) is 2. The quantitative estimate of drug-likeness (QED) is 0.654. The molecular weight excluding hydrogens is 242 g/mol. The summed E-state index contributed by atoms with van der Waals surface area (Å²) in [5.74, 6) is 0.856. The summed E-state index contributed by atoms with van der Waals surface area (Å²) in [5, 5.41) is 13.2. The summed E-state index contributed by atoms with van der Waals surface area (Å²) in [7, 11) is 0. The first-order valence-corrected chi connectivity index (χ1v) is 5.88. The lowest BCUT2D eigenvalue weighted by Crippen LogP contribution is -2.01. The maximum Gasteiger partial charge on any atom is 0.230 e. The molecule has 1 aromatic carbocycles. The van der Waals surface area contributed by atoms with Crippen molar-refractivity contribution in [1.82, 2.24) is 19.9 Å². The van der Waals surface area contributed by atoms with Crippen molar-refractivity contribution in [2.75, 3.05) is 5.32 Å². The van der Waals surface area contributed by atoms with E-state index in [1.807, 2.05) is 32.0 Å². The minimum atomic E-state index is -0.00353. The van der Waals surface area contributed by atoms with Crippen molar-refractivity contribution in [3.63, 3.8) is 0 Å². The number of aromatic amines is 1. The van der Waals surface area contributed by atoms with Crippen molar-refractivity contribution in [3.8, 4) is 5.88 Å². The fourth-order valence-corrected chi connectivity index (χ4v) is 1.99. The van der Waals surface area contributed by atoms with Gasteiger partial charge in [0.2, 0.25) is 17.8 Å². The summed E-state index contributed by atoms with van der Waals surface area (Å²) < 4.78 is 0. The molecule has 6 heteroatoms. The topological polar surface area (TPSA) is 86.7 Å². The third-order valence-corrected chi connectivity index (χ3v) is 2.91. The van der Waals surface area contributed by atoms with E-state index in [9.17, 15) is 5.11 Å². The van der Waals surface area contributed by atoms with Gasteiger partial charge in [-0.25, -0.2) is 15.0 Å². The number of hydrogen-bond donors (Lipinski definition) is 3. The van der Waals surface area contributed by atoms with Crippen molar-refractivity contribution in [2.45, 2.75) is 13.8 Å². The van der Waals surface area contributed by atoms with Gasteiger partial charge in [0, 0.05) is 5.39 Å². The van der Waals surface area contributed by atoms with Crippen molar-refractivity contribution in [2.24, 2.45) is 0 Å². The lowest BCUT2D eigenvalue weighted by Gasteiger charge is -2.07. The zero-order valence-electron chi connectivity index (χ0n) is 10.6. The molecule has 0 fully saturated rings. The number of hydrogen-bond acceptors (Lipinski definition) is 5. The van der Waals surface area contributed by atoms with Crippen LogP contribution in [0.25, 0.3) is 10.9 Å². The van der Waals surface area contributed by atoms with Crippen LogP contribution in [0.4, 0.5) is 11.9 Å². The van der Waals surface area contributed by atoms with E-state index in [0.717, 1.165) is 22.2 Å². The minimum Gasteiger partial charge on any atom is -0.493 e. The van der Waals surface area contributed by atoms with Gasteiger partial charge in [0.1, 0.15) is 0 Å². The molecule has 0 radical (unpaired) electrons. The zero-order chi connectivity index (χ0) is 13.4. The minimum absolute atomic E-state index is 0.00353. The monoisotopic (exact) mass is 255 g/mol. The Morgan fingerprint density at radius 2 is 2.05 bits per heavy atom. The Morgan fingerprint density at radius 1 is 1.21 bits per heavy atom. The maximum absolute atomic E-state index is 9.20. The van der Waals surface area contributed by atoms with Gasteiger partial charge in [-0.1, -0.05) is 18.2 Å². The average molecular weight is 255 g/mol. The molecule has 3 aromatic rings. The number of benzene rings is 1. The van der Waals surface area contributed by atoms with Gasteiger partial charge in [0.25, 0.3) is 0 Å². The van der Waals surface area contributed by atoms with Gasteiger partial charge in [0.15, 0.2) is 0 Å². The normalized spacial score (nSPS) is 10.8. The summed E-state index contributed by atoms with van der Waals surface area (Å²) in [6, 6.07) is 6.00. The number of imidazole rings is 1. The molecular formula is C13H13N5O. The lowest BCUT2D eigenvalue weighted by atomic mass is 10.1. The molecule has 19 heavy (non-hydrogen) atoms. The highest BCUT2D eigenvalue weighted by Crippen LogP contribution is 2.21. The first kappa shape index (κ1) is 11.5. The lowest BCUT2D eigenvalue weighted by molar-refractivity contribution is 0.457. The fraction of sp³-hybridized carbons (Fsp3) is 0.154. The van der Waals surface area contributed by atoms with E-state index in [0.29, 0.717) is 11.9 Å². The molecule has 6 nitrogen and oxygen atoms in total. The average Bonchev–Trinajstić information content (AvgIpc) is 2.76. The van der Waals surface area contributed by atoms with Gasteiger partial charge in [-0.05, 0) is 19.4 Å². The Hall–Kier alpha value is -2.63. The maximum atomic E-state index is 9.20. The second-order valence-corrected chi connectivity index (χ2v) is 4.35. The number of nitrogens with zero attached hydrogens (tertiary/aromatic N) is 3. The molecule has 0 bridgehead atoms. The van der Waals surface area contributed by atoms with E-state index in [-0.39, 0.29) is 5.88 Å². The van der Waals surface area contributed by atoms with Crippen LogP contribution in [0.1, 0.15) is 11.3 Å². The molecule has 0 aliphatic heterocycles. The smallest absolute Gasteiger partial charge is 0.230 e. The highest BCUT2D eigenvalue weighted by molar-refractivity contribution is 5.84. The van der Waals surface area contributed by atoms with Gasteiger partial charge < -0.3 is 5.11 Å². The van der Waals surface area contributed by atoms with Crippen LogP contribution in [0.3, 0.4) is 0 Å². The number of H-pyrrole nitrogens is 1. The van der Waals surface area contributed by atoms with Crippen LogP contribution < -0.4 is 5.32 Å². The van der Waals surface area contributed by atoms with E-state index in [1.165, 1.54) is 6.20 Å². The predicted molar refractivity (Wildman–Crippen MR) is 72.5 cm³/mol. The number of aryl methyl sites for hydroxylation is 2. The molecule has 0 saturated heterocycles. The van der Waals surface area contributed by atoms with Crippen LogP contribution >= 0.6 is 0 Å². The summed E-state index contributed by atoms with van der Waals surface area (Å²) in [5.41, 5.74) is 2.90. The fourth-order valence-electron chi connectivity index (χ4n) is 1.99. The van der Waals surface area contributed by atoms with Crippen molar-refractivity contribution >= 4 is 22.8 Å². The van der Waals surface area contributed by atoms with Crippen molar-refractivity contribution in [3.05, 3.63) is 35.7 Å². The molecule has 0 spiro atoms. The molecule has 0 atom stereocenters. The third kappa shape index (κ3) is 2.08. The van der Waals surface area contributed by atoms with Crippen molar-refractivity contribution in [1.29, 1.82) is 0 Å². The molecule has 3 N–H and O–H groups in total. The Labute approximate surface area is 109 Å². The Morgan fingerprint density at radius 3 is 2.79 bits per heavy atom. The highest BCUT2D eigenvalue weighted by Gasteiger charge is 2.07. The van der Waals surface area contributed by atoms with Crippen LogP contribution in [0, 0.1) is 13.8 Å². The van der Waals surface area contributed by atoms with Crippen LogP contribution in [0.15, 0.2) is 24.4 Å². The van der Waals surface area contributed by atoms with E-state index >= 15 is 0 Å². The molecule has 3 rings (SSSR count). The van der Waals surface area contributed by atoms with Gasteiger partial charge in [-0.15, -0.1) is 0 Å². The second kappa shape index (κ2) is 4.24. The summed E-state index contributed by atoms with van der Waals surface area (Å²) in [6.07, 6.45) is 1.32. The molecule has 0 unspecified atom stereocenters. The van der Waals surface area contributed by atoms with Gasteiger partial charge >= 0.3 is 0 Å². The SMILES string of the molecule is Cc1nc(Nc2ncc(O)[nH]2)nc2c(C)cccc12. The standard InChI is InChI=1S/C13H13N5O/c1-7-4-3-5-9-8(2)15-13(17-11(7)9)18-12-14-6-10(19)16-12/h3-6,19H,1-2H3,(H2,14,15,16,17,18). The zero-order valence-corrected chi connectivity index (χ0v) is 10.6. The highest BCUT2D eigenvalue weighted by atomic mass is 16.3. The van der Waals surface area contributed by atoms with Gasteiger partial charge in [-0.2, -0.15) is 0 Å². The molecule has 0 saturated carbocycles. The molecule has 2 heterocycles. The first-order valence-electron chi connectivity index (χ1n) is 5.88. The Kier molecular flexibility index (Phi) is 2.56. The number of rotatable bonds is 2. The molecule has 2 aromatic heterocycles. The van der Waals surface area contributed by atoms with Crippen LogP contribution in [-0.4, -0.2) is 25.0 Å². The first-order chi connectivity index (χ1) is 9.13. The van der Waals surface area contributed by atoms with Gasteiger partial charge in [0.05, 0.1) is 17.4 Å². The van der Waals surface area contributed by atoms with Crippen LogP contribution in [0.2, 0.25) is 0 Å². The largest absolute Gasteiger partial charge is 0.493 e. The summed E-state index contributed by atoms with van der Waals surface area (Å²) in [4.78, 5) is 15.5. The molecule has 0 amide bonds. The Balaban J connectivity index is 2.07. The van der Waals surface area contributed by atoms with E-state index in [4.69, 9.17) is 0 Å². The molecule has 0 aliphatic rings. The van der Waals surface area contributed by atoms with E-state index in [2.05, 4.69) is 25.3 Å². The van der Waals surface area contributed by atoms with E-state index in [1.54, 1.807) is 0 Å². The Bertz CT molecular complexity index is 750. The van der Waals surface area contributed by atoms with Crippen LogP contribution in [0.5, 0.6) is 5.88 Å². The molecule has 96 valence electrons. The molecule has 0 aliphatic carbocycles. The van der Waals surface area contributed by atoms with Gasteiger partial charge in [-0.3, -0.25) is 10.3 Å². The summed E-state index contributed by atoms with van der Waals surface area (Å²) >= 11 is 0. The predicted octanol–water partition coefficient (Wildman–Crippen LogP) is 2.42. The number of fused-ring (bicyclic) bond motifs is 1. The van der Waals surface area contributed by atoms with E-state index < -0.39 is 0 Å². The number of anilines is 2. The van der Waals surface area contributed by atoms with Crippen LogP contribution in [-0.2, 0) is 0 Å². The number of aromatic hydroxyl groups is 1.